The van der Waals surface area contributed by atoms with E-state index in [1.807, 2.05) is 7.05 Å². The number of benzene rings is 1. The van der Waals surface area contributed by atoms with Crippen LogP contribution in [0.2, 0.25) is 10.0 Å². The number of anilines is 1. The molecular weight excluding hydrogens is 333 g/mol. The number of rotatable bonds is 3. The summed E-state index contributed by atoms with van der Waals surface area (Å²) in [7, 11) is -0.126. The fraction of sp³-hybridized carbons (Fsp3) is 0.538. The van der Waals surface area contributed by atoms with Crippen LogP contribution in [0.1, 0.15) is 12.8 Å². The molecule has 2 rings (SSSR count). The van der Waals surface area contributed by atoms with Crippen molar-refractivity contribution >= 4 is 38.9 Å². The van der Waals surface area contributed by atoms with Crippen molar-refractivity contribution in [2.24, 2.45) is 0 Å². The van der Waals surface area contributed by atoms with E-state index in [-0.39, 0.29) is 26.7 Å². The summed E-state index contributed by atoms with van der Waals surface area (Å²) in [5.74, 6) is 0. The lowest BCUT2D eigenvalue weighted by molar-refractivity contribution is 0.187. The summed E-state index contributed by atoms with van der Waals surface area (Å²) in [5, 5.41) is 0.234. The van der Waals surface area contributed by atoms with Gasteiger partial charge in [-0.25, -0.2) is 8.42 Å². The van der Waals surface area contributed by atoms with E-state index in [0.717, 1.165) is 19.4 Å². The molecule has 0 aromatic heterocycles. The van der Waals surface area contributed by atoms with Crippen molar-refractivity contribution in [2.75, 3.05) is 32.9 Å². The molecule has 5 nitrogen and oxygen atoms in total. The number of hydrogen-bond donors (Lipinski definition) is 1. The second-order valence-corrected chi connectivity index (χ2v) is 8.10. The maximum atomic E-state index is 12.7. The van der Waals surface area contributed by atoms with Crippen LogP contribution in [0.25, 0.3) is 0 Å². The quantitative estimate of drug-likeness (QED) is 0.848. The van der Waals surface area contributed by atoms with Crippen LogP contribution in [-0.4, -0.2) is 50.8 Å². The molecule has 1 heterocycles. The molecule has 0 aliphatic carbocycles. The predicted molar refractivity (Wildman–Crippen MR) is 86.3 cm³/mol. The van der Waals surface area contributed by atoms with E-state index in [4.69, 9.17) is 28.9 Å². The Kier molecular flexibility index (Phi) is 5.05. The van der Waals surface area contributed by atoms with Crippen molar-refractivity contribution in [3.8, 4) is 0 Å². The van der Waals surface area contributed by atoms with Gasteiger partial charge in [0.15, 0.2) is 0 Å². The molecule has 8 heteroatoms. The zero-order chi connectivity index (χ0) is 15.8. The smallest absolute Gasteiger partial charge is 0.244 e. The lowest BCUT2D eigenvalue weighted by Crippen LogP contribution is -2.47. The third-order valence-electron chi connectivity index (χ3n) is 3.86. The fourth-order valence-corrected chi connectivity index (χ4v) is 4.65. The largest absolute Gasteiger partial charge is 0.396 e. The van der Waals surface area contributed by atoms with Crippen LogP contribution in [0.15, 0.2) is 17.0 Å². The van der Waals surface area contributed by atoms with Crippen molar-refractivity contribution in [3.63, 3.8) is 0 Å². The molecule has 1 atom stereocenters. The van der Waals surface area contributed by atoms with E-state index in [1.165, 1.54) is 16.4 Å². The number of nitrogen functional groups attached to an aromatic ring is 1. The average molecular weight is 352 g/mol. The Bertz CT molecular complexity index is 637. The summed E-state index contributed by atoms with van der Waals surface area (Å²) < 4.78 is 26.9. The van der Waals surface area contributed by atoms with E-state index < -0.39 is 10.0 Å². The van der Waals surface area contributed by atoms with Gasteiger partial charge in [-0.1, -0.05) is 23.2 Å². The highest BCUT2D eigenvalue weighted by Gasteiger charge is 2.32. The highest BCUT2D eigenvalue weighted by atomic mass is 35.5. The highest BCUT2D eigenvalue weighted by molar-refractivity contribution is 7.89. The number of piperidine rings is 1. The van der Waals surface area contributed by atoms with E-state index in [1.54, 1.807) is 7.05 Å². The van der Waals surface area contributed by atoms with E-state index in [2.05, 4.69) is 4.90 Å². The van der Waals surface area contributed by atoms with Crippen LogP contribution in [0.5, 0.6) is 0 Å². The normalized spacial score (nSPS) is 20.9. The maximum Gasteiger partial charge on any atom is 0.244 e. The van der Waals surface area contributed by atoms with Crippen LogP contribution in [0.4, 0.5) is 5.69 Å². The monoisotopic (exact) mass is 351 g/mol. The third-order valence-corrected chi connectivity index (χ3v) is 6.66. The molecule has 1 saturated heterocycles. The van der Waals surface area contributed by atoms with Crippen molar-refractivity contribution in [2.45, 2.75) is 23.8 Å². The molecule has 2 N–H and O–H groups in total. The average Bonchev–Trinajstić information content (AvgIpc) is 2.43. The lowest BCUT2D eigenvalue weighted by atomic mass is 10.1. The first kappa shape index (κ1) is 16.8. The number of likely N-dealkylation sites (N-methyl/N-ethyl adjacent to an activating group) is 2. The minimum atomic E-state index is -3.70. The number of nitrogens with zero attached hydrogens (tertiary/aromatic N) is 2. The molecule has 0 bridgehead atoms. The minimum Gasteiger partial charge on any atom is -0.396 e. The zero-order valence-corrected chi connectivity index (χ0v) is 14.3. The third kappa shape index (κ3) is 3.29. The number of hydrogen-bond acceptors (Lipinski definition) is 4. The van der Waals surface area contributed by atoms with Gasteiger partial charge in [0.1, 0.15) is 4.90 Å². The van der Waals surface area contributed by atoms with E-state index in [0.29, 0.717) is 6.54 Å². The van der Waals surface area contributed by atoms with Crippen molar-refractivity contribution in [1.29, 1.82) is 0 Å². The first-order chi connectivity index (χ1) is 9.75. The van der Waals surface area contributed by atoms with Gasteiger partial charge in [0, 0.05) is 19.6 Å². The number of nitrogens with two attached hydrogens (primary N) is 1. The van der Waals surface area contributed by atoms with Crippen molar-refractivity contribution in [1.82, 2.24) is 9.21 Å². The molecule has 1 aliphatic rings. The van der Waals surface area contributed by atoms with Gasteiger partial charge in [0.25, 0.3) is 0 Å². The molecule has 21 heavy (non-hydrogen) atoms. The Balaban J connectivity index is 2.35. The van der Waals surface area contributed by atoms with Gasteiger partial charge in [0.05, 0.1) is 15.7 Å². The Morgan fingerprint density at radius 2 is 2.05 bits per heavy atom. The molecule has 0 amide bonds. The summed E-state index contributed by atoms with van der Waals surface area (Å²) >= 11 is 11.9. The van der Waals surface area contributed by atoms with Gasteiger partial charge in [-0.05, 0) is 38.6 Å². The molecule has 1 fully saturated rings. The standard InChI is InChI=1S/C13H19Cl2N3O2S/c1-17-7-3-4-9(8-17)18(2)21(19,20)11-6-5-10(14)13(16)12(11)15/h5-6,9H,3-4,7-8,16H2,1-2H3. The first-order valence-corrected chi connectivity index (χ1v) is 8.84. The van der Waals surface area contributed by atoms with Gasteiger partial charge < -0.3 is 10.6 Å². The van der Waals surface area contributed by atoms with Gasteiger partial charge in [-0.3, -0.25) is 0 Å². The molecular formula is C13H19Cl2N3O2S. The van der Waals surface area contributed by atoms with Crippen LogP contribution >= 0.6 is 23.2 Å². The van der Waals surface area contributed by atoms with Gasteiger partial charge in [0.2, 0.25) is 10.0 Å². The predicted octanol–water partition coefficient (Wildman–Crippen LogP) is 2.29. The summed E-state index contributed by atoms with van der Waals surface area (Å²) in [4.78, 5) is 2.12. The van der Waals surface area contributed by atoms with Crippen LogP contribution in [-0.2, 0) is 10.0 Å². The summed E-state index contributed by atoms with van der Waals surface area (Å²) in [5.41, 5.74) is 5.82. The first-order valence-electron chi connectivity index (χ1n) is 6.65. The topological polar surface area (TPSA) is 66.6 Å². The zero-order valence-electron chi connectivity index (χ0n) is 12.0. The summed E-state index contributed by atoms with van der Waals surface area (Å²) in [6, 6.07) is 2.79. The Hall–Kier alpha value is -0.530. The molecule has 0 saturated carbocycles. The summed E-state index contributed by atoms with van der Waals surface area (Å²) in [6.45, 7) is 1.69. The Morgan fingerprint density at radius 3 is 2.67 bits per heavy atom. The van der Waals surface area contributed by atoms with Crippen LogP contribution in [0, 0.1) is 0 Å². The maximum absolute atomic E-state index is 12.7. The second-order valence-electron chi connectivity index (χ2n) is 5.35. The molecule has 0 radical (unpaired) electrons. The molecule has 1 aromatic rings. The second kappa shape index (κ2) is 6.30. The molecule has 118 valence electrons. The Morgan fingerprint density at radius 1 is 1.38 bits per heavy atom. The number of likely N-dealkylation sites (tertiary alicyclic amines) is 1. The minimum absolute atomic E-state index is 0.00166. The molecule has 0 spiro atoms. The van der Waals surface area contributed by atoms with Crippen molar-refractivity contribution < 1.29 is 8.42 Å². The molecule has 1 unspecified atom stereocenters. The van der Waals surface area contributed by atoms with Gasteiger partial charge >= 0.3 is 0 Å². The van der Waals surface area contributed by atoms with Crippen LogP contribution in [0.3, 0.4) is 0 Å². The molecule has 1 aromatic carbocycles. The fourth-order valence-electron chi connectivity index (χ4n) is 2.54. The Labute approximate surface area is 135 Å². The lowest BCUT2D eigenvalue weighted by Gasteiger charge is -2.35. The van der Waals surface area contributed by atoms with Crippen molar-refractivity contribution in [3.05, 3.63) is 22.2 Å². The van der Waals surface area contributed by atoms with Crippen LogP contribution < -0.4 is 5.73 Å². The summed E-state index contributed by atoms with van der Waals surface area (Å²) in [6.07, 6.45) is 1.80. The van der Waals surface area contributed by atoms with E-state index >= 15 is 0 Å². The van der Waals surface area contributed by atoms with E-state index in [9.17, 15) is 8.42 Å². The number of halogens is 2. The van der Waals surface area contributed by atoms with Gasteiger partial charge in [-0.2, -0.15) is 4.31 Å². The number of sulfonamides is 1. The van der Waals surface area contributed by atoms with Gasteiger partial charge in [-0.15, -0.1) is 0 Å². The SMILES string of the molecule is CN1CCCC(N(C)S(=O)(=O)c2ccc(Cl)c(N)c2Cl)C1. The molecule has 1 aliphatic heterocycles. The highest BCUT2D eigenvalue weighted by Crippen LogP contribution is 2.35.